The van der Waals surface area contributed by atoms with Crippen LogP contribution in [0.4, 0.5) is 4.79 Å². The molecule has 164 valence electrons. The third kappa shape index (κ3) is 8.67. The minimum Gasteiger partial charge on any atom is -0.444 e. The largest absolute Gasteiger partial charge is 0.444 e. The maximum Gasteiger partial charge on any atom is 0.408 e. The number of aliphatic imine (C=N–C) groups is 1. The zero-order valence-corrected chi connectivity index (χ0v) is 19.2. The minimum atomic E-state index is -0.509. The van der Waals surface area contributed by atoms with E-state index < -0.39 is 11.1 Å². The smallest absolute Gasteiger partial charge is 0.408 e. The van der Waals surface area contributed by atoms with E-state index >= 15 is 0 Å². The summed E-state index contributed by atoms with van der Waals surface area (Å²) in [6.45, 7) is 19.8. The Balaban J connectivity index is 2.69. The highest BCUT2D eigenvalue weighted by Gasteiger charge is 2.30. The fraction of sp³-hybridized carbons (Fsp3) is 0.905. The van der Waals surface area contributed by atoms with Crippen molar-refractivity contribution in [2.24, 2.45) is 10.9 Å². The number of nitrogens with zero attached hydrogens (tertiary/aromatic N) is 2. The van der Waals surface area contributed by atoms with Crippen molar-refractivity contribution in [2.45, 2.75) is 78.9 Å². The number of nitrogens with one attached hydrogen (secondary N) is 3. The number of hydrogen-bond donors (Lipinski definition) is 3. The zero-order chi connectivity index (χ0) is 21.2. The lowest BCUT2D eigenvalue weighted by Gasteiger charge is -2.32. The standard InChI is InChI=1S/C21H43N5O2/c1-8-21(9-2,25-19(27)28-20(5,6)7)16-24-18(22-10-3)23-14-17-12-13-26(11-4)15-17/h17H,8-16H2,1-7H3,(H,25,27)(H2,22,23,24). The number of carbonyl (C=O) groups is 1. The van der Waals surface area contributed by atoms with E-state index in [4.69, 9.17) is 9.73 Å². The minimum absolute atomic E-state index is 0.380. The molecule has 0 saturated carbocycles. The van der Waals surface area contributed by atoms with Gasteiger partial charge in [-0.25, -0.2) is 4.79 Å². The molecule has 1 aliphatic rings. The molecule has 3 N–H and O–H groups in total. The van der Waals surface area contributed by atoms with Crippen molar-refractivity contribution in [1.82, 2.24) is 20.9 Å². The third-order valence-electron chi connectivity index (χ3n) is 5.38. The van der Waals surface area contributed by atoms with Gasteiger partial charge in [-0.3, -0.25) is 4.99 Å². The van der Waals surface area contributed by atoms with Gasteiger partial charge in [-0.05, 0) is 66.0 Å². The summed E-state index contributed by atoms with van der Waals surface area (Å²) in [7, 11) is 0. The van der Waals surface area contributed by atoms with Crippen LogP contribution in [0.1, 0.15) is 67.7 Å². The Hall–Kier alpha value is -1.50. The lowest BCUT2D eigenvalue weighted by Crippen LogP contribution is -2.52. The number of likely N-dealkylation sites (tertiary alicyclic amines) is 1. The van der Waals surface area contributed by atoms with E-state index in [-0.39, 0.29) is 6.09 Å². The van der Waals surface area contributed by atoms with Gasteiger partial charge in [-0.2, -0.15) is 0 Å². The summed E-state index contributed by atoms with van der Waals surface area (Å²) >= 11 is 0. The molecule has 1 heterocycles. The van der Waals surface area contributed by atoms with Crippen molar-refractivity contribution >= 4 is 12.1 Å². The zero-order valence-electron chi connectivity index (χ0n) is 19.2. The first-order valence-corrected chi connectivity index (χ1v) is 10.9. The lowest BCUT2D eigenvalue weighted by molar-refractivity contribution is 0.0452. The third-order valence-corrected chi connectivity index (χ3v) is 5.38. The molecule has 1 aliphatic heterocycles. The first-order chi connectivity index (χ1) is 13.2. The Bertz CT molecular complexity index is 498. The molecule has 1 saturated heterocycles. The average molecular weight is 398 g/mol. The SMILES string of the molecule is CCNC(=NCC(CC)(CC)NC(=O)OC(C)(C)C)NCC1CCN(CC)C1. The molecule has 7 heteroatoms. The van der Waals surface area contributed by atoms with Gasteiger partial charge in [0.1, 0.15) is 5.60 Å². The van der Waals surface area contributed by atoms with Crippen LogP contribution in [-0.2, 0) is 4.74 Å². The number of guanidine groups is 1. The fourth-order valence-electron chi connectivity index (χ4n) is 3.39. The molecular formula is C21H43N5O2. The Morgan fingerprint density at radius 2 is 1.82 bits per heavy atom. The summed E-state index contributed by atoms with van der Waals surface area (Å²) in [6, 6.07) is 0. The monoisotopic (exact) mass is 397 g/mol. The van der Waals surface area contributed by atoms with Gasteiger partial charge < -0.3 is 25.6 Å². The van der Waals surface area contributed by atoms with Crippen LogP contribution in [0.3, 0.4) is 0 Å². The molecule has 0 aromatic heterocycles. The van der Waals surface area contributed by atoms with Crippen molar-refractivity contribution in [1.29, 1.82) is 0 Å². The van der Waals surface area contributed by atoms with E-state index in [2.05, 4.69) is 48.5 Å². The molecule has 1 amide bonds. The molecule has 7 nitrogen and oxygen atoms in total. The highest BCUT2D eigenvalue weighted by molar-refractivity contribution is 5.79. The predicted molar refractivity (Wildman–Crippen MR) is 117 cm³/mol. The van der Waals surface area contributed by atoms with Crippen LogP contribution in [0.15, 0.2) is 4.99 Å². The van der Waals surface area contributed by atoms with Crippen LogP contribution in [-0.4, -0.2) is 67.4 Å². The molecule has 0 aromatic rings. The van der Waals surface area contributed by atoms with E-state index in [1.165, 1.54) is 13.0 Å². The second kappa shape index (κ2) is 11.5. The van der Waals surface area contributed by atoms with Crippen LogP contribution in [0, 0.1) is 5.92 Å². The number of carbonyl (C=O) groups excluding carboxylic acids is 1. The summed E-state index contributed by atoms with van der Waals surface area (Å²) in [5.41, 5.74) is -0.915. The summed E-state index contributed by atoms with van der Waals surface area (Å²) in [5.74, 6) is 1.47. The number of rotatable bonds is 9. The molecule has 1 unspecified atom stereocenters. The topological polar surface area (TPSA) is 78.0 Å². The van der Waals surface area contributed by atoms with Crippen molar-refractivity contribution in [3.8, 4) is 0 Å². The van der Waals surface area contributed by atoms with Gasteiger partial charge in [0.2, 0.25) is 0 Å². The van der Waals surface area contributed by atoms with Gasteiger partial charge in [-0.1, -0.05) is 20.8 Å². The molecule has 0 aliphatic carbocycles. The van der Waals surface area contributed by atoms with Crippen LogP contribution in [0.25, 0.3) is 0 Å². The molecule has 1 rings (SSSR count). The molecule has 0 spiro atoms. The summed E-state index contributed by atoms with van der Waals surface area (Å²) in [6.07, 6.45) is 2.43. The van der Waals surface area contributed by atoms with Gasteiger partial charge in [0, 0.05) is 19.6 Å². The van der Waals surface area contributed by atoms with Gasteiger partial charge in [0.15, 0.2) is 5.96 Å². The number of ether oxygens (including phenoxy) is 1. The molecule has 28 heavy (non-hydrogen) atoms. The summed E-state index contributed by atoms with van der Waals surface area (Å²) in [4.78, 5) is 19.6. The van der Waals surface area contributed by atoms with Crippen LogP contribution in [0.2, 0.25) is 0 Å². The Kier molecular flexibility index (Phi) is 10.1. The molecule has 0 radical (unpaired) electrons. The highest BCUT2D eigenvalue weighted by Crippen LogP contribution is 2.18. The van der Waals surface area contributed by atoms with Crippen molar-refractivity contribution in [3.05, 3.63) is 0 Å². The van der Waals surface area contributed by atoms with Gasteiger partial charge in [-0.15, -0.1) is 0 Å². The molecular weight excluding hydrogens is 354 g/mol. The molecule has 0 bridgehead atoms. The first kappa shape index (κ1) is 24.5. The van der Waals surface area contributed by atoms with E-state index in [1.54, 1.807) is 0 Å². The van der Waals surface area contributed by atoms with Crippen LogP contribution < -0.4 is 16.0 Å². The normalized spacial score (nSPS) is 18.8. The average Bonchev–Trinajstić information content (AvgIpc) is 3.09. The van der Waals surface area contributed by atoms with E-state index in [1.807, 2.05) is 20.8 Å². The Morgan fingerprint density at radius 1 is 1.14 bits per heavy atom. The van der Waals surface area contributed by atoms with E-state index in [0.717, 1.165) is 45.0 Å². The van der Waals surface area contributed by atoms with Crippen molar-refractivity contribution in [2.75, 3.05) is 39.3 Å². The Morgan fingerprint density at radius 3 is 2.32 bits per heavy atom. The van der Waals surface area contributed by atoms with Crippen molar-refractivity contribution in [3.63, 3.8) is 0 Å². The molecule has 1 fully saturated rings. The number of hydrogen-bond acceptors (Lipinski definition) is 4. The fourth-order valence-corrected chi connectivity index (χ4v) is 3.39. The van der Waals surface area contributed by atoms with Crippen molar-refractivity contribution < 1.29 is 9.53 Å². The second-order valence-corrected chi connectivity index (χ2v) is 8.74. The number of alkyl carbamates (subject to hydrolysis) is 1. The first-order valence-electron chi connectivity index (χ1n) is 10.9. The molecule has 0 aromatic carbocycles. The van der Waals surface area contributed by atoms with Gasteiger partial charge in [0.05, 0.1) is 12.1 Å². The van der Waals surface area contributed by atoms with E-state index in [9.17, 15) is 4.79 Å². The summed E-state index contributed by atoms with van der Waals surface area (Å²) in [5, 5.41) is 9.88. The molecule has 1 atom stereocenters. The van der Waals surface area contributed by atoms with E-state index in [0.29, 0.717) is 12.5 Å². The quantitative estimate of drug-likeness (QED) is 0.412. The number of amides is 1. The van der Waals surface area contributed by atoms with Crippen LogP contribution >= 0.6 is 0 Å². The maximum absolute atomic E-state index is 12.3. The van der Waals surface area contributed by atoms with Crippen LogP contribution in [0.5, 0.6) is 0 Å². The lowest BCUT2D eigenvalue weighted by atomic mass is 9.93. The predicted octanol–water partition coefficient (Wildman–Crippen LogP) is 2.97. The Labute approximate surface area is 172 Å². The maximum atomic E-state index is 12.3. The second-order valence-electron chi connectivity index (χ2n) is 8.74. The summed E-state index contributed by atoms with van der Waals surface area (Å²) < 4.78 is 5.45. The van der Waals surface area contributed by atoms with Gasteiger partial charge >= 0.3 is 6.09 Å². The van der Waals surface area contributed by atoms with Gasteiger partial charge in [0.25, 0.3) is 0 Å². The highest BCUT2D eigenvalue weighted by atomic mass is 16.6.